The number of carboxylic acids is 1. The summed E-state index contributed by atoms with van der Waals surface area (Å²) in [7, 11) is 0. The first-order chi connectivity index (χ1) is 8.16. The minimum Gasteiger partial charge on any atom is -0.479 e. The number of amides is 1. The Morgan fingerprint density at radius 1 is 1.47 bits per heavy atom. The standard InChI is InChI=1S/C10H9N3O4/c14-9(15)4-17-13-10(16)6-1-2-7-8(3-6)12-5-11-7/h1-3,5H,4H2,(H,11,12)(H,13,16)(H,14,15). The molecule has 0 atom stereocenters. The Morgan fingerprint density at radius 2 is 2.29 bits per heavy atom. The first kappa shape index (κ1) is 11.1. The molecule has 0 fully saturated rings. The summed E-state index contributed by atoms with van der Waals surface area (Å²) in [6, 6.07) is 4.85. The number of hydrogen-bond acceptors (Lipinski definition) is 4. The van der Waals surface area contributed by atoms with Gasteiger partial charge in [0.05, 0.1) is 17.4 Å². The van der Waals surface area contributed by atoms with Crippen LogP contribution in [0.4, 0.5) is 0 Å². The molecule has 0 aliphatic rings. The van der Waals surface area contributed by atoms with Gasteiger partial charge in [0.1, 0.15) is 0 Å². The number of aromatic nitrogens is 2. The van der Waals surface area contributed by atoms with E-state index in [2.05, 4.69) is 14.8 Å². The van der Waals surface area contributed by atoms with Crippen LogP contribution in [0, 0.1) is 0 Å². The van der Waals surface area contributed by atoms with Crippen molar-refractivity contribution in [2.75, 3.05) is 6.61 Å². The molecule has 1 amide bonds. The van der Waals surface area contributed by atoms with Crippen molar-refractivity contribution in [2.24, 2.45) is 0 Å². The van der Waals surface area contributed by atoms with E-state index in [4.69, 9.17) is 5.11 Å². The van der Waals surface area contributed by atoms with E-state index >= 15 is 0 Å². The van der Waals surface area contributed by atoms with Gasteiger partial charge in [-0.05, 0) is 18.2 Å². The van der Waals surface area contributed by atoms with Gasteiger partial charge in [-0.3, -0.25) is 9.63 Å². The summed E-state index contributed by atoms with van der Waals surface area (Å²) in [5, 5.41) is 8.32. The van der Waals surface area contributed by atoms with Gasteiger partial charge < -0.3 is 10.1 Å². The molecular formula is C10H9N3O4. The van der Waals surface area contributed by atoms with Gasteiger partial charge >= 0.3 is 5.97 Å². The van der Waals surface area contributed by atoms with E-state index in [1.54, 1.807) is 18.2 Å². The molecule has 0 saturated carbocycles. The Kier molecular flexibility index (Phi) is 3.01. The fourth-order valence-corrected chi connectivity index (χ4v) is 1.30. The van der Waals surface area contributed by atoms with Gasteiger partial charge in [0, 0.05) is 5.56 Å². The molecule has 2 aromatic rings. The highest BCUT2D eigenvalue weighted by molar-refractivity contribution is 5.96. The number of nitrogens with one attached hydrogen (secondary N) is 2. The molecule has 0 saturated heterocycles. The molecule has 0 unspecified atom stereocenters. The Balaban J connectivity index is 2.05. The zero-order valence-electron chi connectivity index (χ0n) is 8.64. The second-order valence-corrected chi connectivity index (χ2v) is 3.25. The van der Waals surface area contributed by atoms with Crippen LogP contribution in [0.1, 0.15) is 10.4 Å². The molecule has 1 aromatic carbocycles. The molecule has 7 nitrogen and oxygen atoms in total. The fraction of sp³-hybridized carbons (Fsp3) is 0.100. The van der Waals surface area contributed by atoms with Gasteiger partial charge in [-0.15, -0.1) is 0 Å². The van der Waals surface area contributed by atoms with Crippen LogP contribution >= 0.6 is 0 Å². The monoisotopic (exact) mass is 235 g/mol. The van der Waals surface area contributed by atoms with Crippen LogP contribution < -0.4 is 5.48 Å². The summed E-state index contributed by atoms with van der Waals surface area (Å²) in [6.45, 7) is -0.585. The molecule has 7 heteroatoms. The maximum absolute atomic E-state index is 11.5. The molecule has 0 aliphatic heterocycles. The quantitative estimate of drug-likeness (QED) is 0.661. The minimum atomic E-state index is -1.16. The van der Waals surface area contributed by atoms with Gasteiger partial charge in [0.25, 0.3) is 5.91 Å². The number of hydroxylamine groups is 1. The normalized spacial score (nSPS) is 10.4. The smallest absolute Gasteiger partial charge is 0.332 e. The summed E-state index contributed by atoms with van der Waals surface area (Å²) in [6.07, 6.45) is 1.52. The number of H-pyrrole nitrogens is 1. The molecular weight excluding hydrogens is 226 g/mol. The van der Waals surface area contributed by atoms with Crippen LogP contribution in [0.2, 0.25) is 0 Å². The Morgan fingerprint density at radius 3 is 3.06 bits per heavy atom. The number of rotatable bonds is 4. The average Bonchev–Trinajstić information content (AvgIpc) is 2.75. The molecule has 3 N–H and O–H groups in total. The van der Waals surface area contributed by atoms with Crippen molar-refractivity contribution in [2.45, 2.75) is 0 Å². The van der Waals surface area contributed by atoms with E-state index in [0.717, 1.165) is 11.0 Å². The van der Waals surface area contributed by atoms with Crippen molar-refractivity contribution in [1.82, 2.24) is 15.4 Å². The Labute approximate surface area is 95.4 Å². The van der Waals surface area contributed by atoms with Gasteiger partial charge in [-0.25, -0.2) is 15.3 Å². The number of fused-ring (bicyclic) bond motifs is 1. The number of aromatic amines is 1. The third-order valence-corrected chi connectivity index (χ3v) is 2.04. The van der Waals surface area contributed by atoms with Crippen molar-refractivity contribution >= 4 is 22.9 Å². The second kappa shape index (κ2) is 4.62. The largest absolute Gasteiger partial charge is 0.479 e. The molecule has 2 rings (SSSR count). The molecule has 0 bridgehead atoms. The minimum absolute atomic E-state index is 0.354. The third kappa shape index (κ3) is 2.58. The lowest BCUT2D eigenvalue weighted by atomic mass is 10.2. The van der Waals surface area contributed by atoms with Crippen molar-refractivity contribution in [1.29, 1.82) is 0 Å². The summed E-state index contributed by atoms with van der Waals surface area (Å²) in [5.41, 5.74) is 3.85. The number of aliphatic carboxylic acids is 1. The SMILES string of the molecule is O=C(O)CONC(=O)c1ccc2nc[nH]c2c1. The molecule has 0 radical (unpaired) electrons. The van der Waals surface area contributed by atoms with E-state index in [9.17, 15) is 9.59 Å². The van der Waals surface area contributed by atoms with Gasteiger partial charge in [-0.1, -0.05) is 0 Å². The maximum Gasteiger partial charge on any atom is 0.332 e. The highest BCUT2D eigenvalue weighted by Gasteiger charge is 2.08. The fourth-order valence-electron chi connectivity index (χ4n) is 1.30. The van der Waals surface area contributed by atoms with Gasteiger partial charge in [-0.2, -0.15) is 0 Å². The summed E-state index contributed by atoms with van der Waals surface area (Å²) in [4.78, 5) is 33.0. The van der Waals surface area contributed by atoms with Crippen LogP contribution in [0.25, 0.3) is 11.0 Å². The van der Waals surface area contributed by atoms with E-state index < -0.39 is 18.5 Å². The lowest BCUT2D eigenvalue weighted by Crippen LogP contribution is -2.26. The summed E-state index contributed by atoms with van der Waals surface area (Å²) in [5.74, 6) is -1.67. The van der Waals surface area contributed by atoms with Gasteiger partial charge in [0.2, 0.25) is 0 Å². The number of benzene rings is 1. The Hall–Kier alpha value is -2.41. The summed E-state index contributed by atoms with van der Waals surface area (Å²) < 4.78 is 0. The first-order valence-corrected chi connectivity index (χ1v) is 4.74. The van der Waals surface area contributed by atoms with Crippen LogP contribution in [0.5, 0.6) is 0 Å². The summed E-state index contributed by atoms with van der Waals surface area (Å²) >= 11 is 0. The number of hydrogen-bond donors (Lipinski definition) is 3. The highest BCUT2D eigenvalue weighted by Crippen LogP contribution is 2.11. The van der Waals surface area contributed by atoms with E-state index in [-0.39, 0.29) is 0 Å². The van der Waals surface area contributed by atoms with Gasteiger partial charge in [0.15, 0.2) is 6.61 Å². The average molecular weight is 235 g/mol. The molecule has 1 heterocycles. The van der Waals surface area contributed by atoms with Crippen molar-refractivity contribution in [3.05, 3.63) is 30.1 Å². The first-order valence-electron chi connectivity index (χ1n) is 4.74. The lowest BCUT2D eigenvalue weighted by Gasteiger charge is -2.03. The predicted octanol–water partition coefficient (Wildman–Crippen LogP) is 0.309. The number of carbonyl (C=O) groups excluding carboxylic acids is 1. The van der Waals surface area contributed by atoms with Crippen LogP contribution in [0.15, 0.2) is 24.5 Å². The zero-order chi connectivity index (χ0) is 12.3. The molecule has 0 aliphatic carbocycles. The Bertz CT molecular complexity index is 563. The maximum atomic E-state index is 11.5. The van der Waals surface area contributed by atoms with Crippen molar-refractivity contribution in [3.8, 4) is 0 Å². The van der Waals surface area contributed by atoms with Crippen molar-refractivity contribution in [3.63, 3.8) is 0 Å². The number of carboxylic acid groups (broad SMARTS) is 1. The van der Waals surface area contributed by atoms with E-state index in [0.29, 0.717) is 5.56 Å². The third-order valence-electron chi connectivity index (χ3n) is 2.04. The second-order valence-electron chi connectivity index (χ2n) is 3.25. The van der Waals surface area contributed by atoms with Crippen LogP contribution in [-0.4, -0.2) is 33.6 Å². The number of carbonyl (C=O) groups is 2. The molecule has 0 spiro atoms. The lowest BCUT2D eigenvalue weighted by molar-refractivity contribution is -0.144. The number of nitrogens with zero attached hydrogens (tertiary/aromatic N) is 1. The zero-order valence-corrected chi connectivity index (χ0v) is 8.64. The predicted molar refractivity (Wildman–Crippen MR) is 57.1 cm³/mol. The topological polar surface area (TPSA) is 104 Å². The molecule has 17 heavy (non-hydrogen) atoms. The number of imidazole rings is 1. The van der Waals surface area contributed by atoms with E-state index in [1.165, 1.54) is 6.33 Å². The van der Waals surface area contributed by atoms with Crippen molar-refractivity contribution < 1.29 is 19.5 Å². The van der Waals surface area contributed by atoms with E-state index in [1.807, 2.05) is 5.48 Å². The van der Waals surface area contributed by atoms with Crippen LogP contribution in [0.3, 0.4) is 0 Å². The highest BCUT2D eigenvalue weighted by atomic mass is 16.7. The molecule has 88 valence electrons. The van der Waals surface area contributed by atoms with Crippen LogP contribution in [-0.2, 0) is 9.63 Å². The molecule has 1 aromatic heterocycles.